The molecule has 0 unspecified atom stereocenters. The molecule has 0 fully saturated rings. The molecule has 390 valence electrons. The molecule has 0 amide bonds. The van der Waals surface area contributed by atoms with E-state index >= 15 is 0 Å². The molecule has 4 bridgehead atoms. The van der Waals surface area contributed by atoms with Crippen molar-refractivity contribution in [3.05, 3.63) is 152 Å². The second-order valence-electron chi connectivity index (χ2n) is 19.1. The summed E-state index contributed by atoms with van der Waals surface area (Å²) in [6.45, 7) is 10.3. The predicted molar refractivity (Wildman–Crippen MR) is 292 cm³/mol. The standard InChI is InChI=1S/C32H31N5O6S.C26H28N4O2/c1-21-10-11-23-17-25(38)7-5-12-36(44(41,42)31-9-4-3-8-29(31)37(39)40)13-6-14-43-30-18-26-28(16-22(30)2)34-20-24(19-33)32(26)35-27(23)15-21;1-17-6-7-19-13-21(31)5-3-8-28-9-4-10-32-25-14-22-24(12-18(25)2)29-16-20(15-27)26(22)30-23(19)11-17/h3-4,8-11,15-16,18,20,35H,5-7,12-14,17H2,1-2H3;6-7,11-12,14,16,28,30H,3-5,8-10,13H2,1-2H3. The molecule has 2 aromatic heterocycles. The lowest BCUT2D eigenvalue weighted by Crippen LogP contribution is -2.34. The lowest BCUT2D eigenvalue weighted by molar-refractivity contribution is -0.387. The topological polar surface area (TPSA) is 243 Å². The van der Waals surface area contributed by atoms with Crippen LogP contribution in [0.25, 0.3) is 21.8 Å². The molecule has 0 radical (unpaired) electrons. The molecule has 0 spiro atoms. The van der Waals surface area contributed by atoms with Crippen molar-refractivity contribution in [1.29, 1.82) is 10.5 Å². The second-order valence-corrected chi connectivity index (χ2v) is 21.0. The molecule has 0 saturated heterocycles. The molecule has 17 nitrogen and oxygen atoms in total. The maximum atomic E-state index is 13.7. The van der Waals surface area contributed by atoms with Gasteiger partial charge in [-0.25, -0.2) is 8.42 Å². The number of aromatic nitrogens is 2. The zero-order valence-electron chi connectivity index (χ0n) is 43.0. The number of sulfonamides is 1. The number of pyridine rings is 2. The SMILES string of the molecule is Cc1ccc2c(c1)Nc1c(C#N)cnc3cc(C)c(cc13)OCCCN(S(=O)(=O)c1ccccc1[N+](=O)[O-])CCCC(=O)C2.Cc1ccc2c(c1)Nc1c(C#N)cnc3cc(C)c(cc13)OCCCNCCCC(=O)C2. The number of benzene rings is 5. The quantitative estimate of drug-likeness (QED) is 0.110. The number of carbonyl (C=O) groups is 2. The van der Waals surface area contributed by atoms with Gasteiger partial charge >= 0.3 is 0 Å². The number of Topliss-reactive ketones (excluding diaryl/α,β-unsaturated/α-hetero) is 2. The van der Waals surface area contributed by atoms with Crippen LogP contribution in [-0.4, -0.2) is 78.6 Å². The van der Waals surface area contributed by atoms with E-state index in [-0.39, 0.29) is 56.9 Å². The van der Waals surface area contributed by atoms with Crippen molar-refractivity contribution in [2.24, 2.45) is 0 Å². The minimum absolute atomic E-state index is 0.00670. The van der Waals surface area contributed by atoms with E-state index in [4.69, 9.17) is 9.47 Å². The zero-order chi connectivity index (χ0) is 53.9. The maximum absolute atomic E-state index is 13.7. The number of aryl methyl sites for hydroxylation is 4. The number of anilines is 4. The number of nitrogens with one attached hydrogen (secondary N) is 3. The van der Waals surface area contributed by atoms with Gasteiger partial charge in [0.2, 0.25) is 10.0 Å². The molecule has 3 N–H and O–H groups in total. The summed E-state index contributed by atoms with van der Waals surface area (Å²) in [5, 5.41) is 43.1. The van der Waals surface area contributed by atoms with E-state index in [0.717, 1.165) is 87.7 Å². The maximum Gasteiger partial charge on any atom is 0.289 e. The molecule has 9 rings (SSSR count). The van der Waals surface area contributed by atoms with E-state index in [1.54, 1.807) is 12.3 Å². The van der Waals surface area contributed by atoms with Crippen molar-refractivity contribution in [1.82, 2.24) is 19.6 Å². The van der Waals surface area contributed by atoms with Crippen LogP contribution in [0.1, 0.15) is 83.0 Å². The van der Waals surface area contributed by atoms with Gasteiger partial charge in [0.25, 0.3) is 5.69 Å². The van der Waals surface area contributed by atoms with Crippen LogP contribution in [0.5, 0.6) is 11.5 Å². The highest BCUT2D eigenvalue weighted by molar-refractivity contribution is 7.89. The smallest absolute Gasteiger partial charge is 0.289 e. The fourth-order valence-electron chi connectivity index (χ4n) is 9.30. The van der Waals surface area contributed by atoms with Crippen molar-refractivity contribution in [2.75, 3.05) is 50.0 Å². The van der Waals surface area contributed by atoms with Crippen molar-refractivity contribution in [3.63, 3.8) is 0 Å². The minimum atomic E-state index is -4.25. The van der Waals surface area contributed by atoms with Gasteiger partial charge in [-0.3, -0.25) is 29.7 Å². The number of nitro benzene ring substituents is 1. The number of hydrogen-bond donors (Lipinski definition) is 3. The molecule has 18 heteroatoms. The highest BCUT2D eigenvalue weighted by atomic mass is 32.2. The van der Waals surface area contributed by atoms with Crippen molar-refractivity contribution >= 4 is 71.8 Å². The minimum Gasteiger partial charge on any atom is -0.493 e. The average Bonchev–Trinajstić information content (AvgIpc) is 3.39. The van der Waals surface area contributed by atoms with Gasteiger partial charge in [0, 0.05) is 79.4 Å². The van der Waals surface area contributed by atoms with Gasteiger partial charge in [-0.15, -0.1) is 0 Å². The van der Waals surface area contributed by atoms with Crippen LogP contribution in [0.3, 0.4) is 0 Å². The second kappa shape index (κ2) is 24.4. The molecule has 0 saturated carbocycles. The number of nitro groups is 1. The van der Waals surface area contributed by atoms with Crippen LogP contribution < -0.4 is 25.4 Å². The van der Waals surface area contributed by atoms with E-state index in [0.29, 0.717) is 64.3 Å². The number of para-hydroxylation sites is 1. The lowest BCUT2D eigenvalue weighted by Gasteiger charge is -2.22. The van der Waals surface area contributed by atoms with Gasteiger partial charge < -0.3 is 25.4 Å². The number of nitrogens with zero attached hydrogens (tertiary/aromatic N) is 6. The Hall–Kier alpha value is -8.29. The summed E-state index contributed by atoms with van der Waals surface area (Å²) in [5.74, 6) is 1.46. The molecule has 0 aliphatic carbocycles. The largest absolute Gasteiger partial charge is 0.493 e. The number of rotatable bonds is 3. The van der Waals surface area contributed by atoms with E-state index < -0.39 is 25.5 Å². The fraction of sp³-hybridized carbons (Fsp3) is 0.310. The highest BCUT2D eigenvalue weighted by Gasteiger charge is 2.31. The molecule has 76 heavy (non-hydrogen) atoms. The zero-order valence-corrected chi connectivity index (χ0v) is 43.8. The summed E-state index contributed by atoms with van der Waals surface area (Å²) >= 11 is 0. The van der Waals surface area contributed by atoms with E-state index in [1.165, 1.54) is 28.7 Å². The van der Waals surface area contributed by atoms with Crippen molar-refractivity contribution in [3.8, 4) is 23.6 Å². The van der Waals surface area contributed by atoms with E-state index in [9.17, 15) is 38.6 Å². The van der Waals surface area contributed by atoms with E-state index in [2.05, 4.69) is 38.1 Å². The molecule has 2 aliphatic rings. The first-order valence-corrected chi connectivity index (χ1v) is 26.7. The molecule has 0 atom stereocenters. The molecule has 2 aliphatic heterocycles. The number of carbonyl (C=O) groups excluding carboxylic acids is 2. The highest BCUT2D eigenvalue weighted by Crippen LogP contribution is 2.37. The van der Waals surface area contributed by atoms with Gasteiger partial charge in [0.15, 0.2) is 4.90 Å². The Kier molecular flexibility index (Phi) is 17.3. The van der Waals surface area contributed by atoms with Crippen LogP contribution in [0.4, 0.5) is 28.4 Å². The molecule has 5 aromatic carbocycles. The molecular weight excluding hydrogens is 983 g/mol. The number of ketones is 2. The third-order valence-corrected chi connectivity index (χ3v) is 15.3. The number of ether oxygens (including phenoxy) is 2. The Morgan fingerprint density at radius 2 is 1.16 bits per heavy atom. The van der Waals surface area contributed by atoms with Gasteiger partial charge in [0.1, 0.15) is 35.2 Å². The summed E-state index contributed by atoms with van der Waals surface area (Å²) in [6, 6.07) is 29.1. The normalized spacial score (nSPS) is 15.2. The Morgan fingerprint density at radius 3 is 1.70 bits per heavy atom. The first-order chi connectivity index (χ1) is 36.6. The third-order valence-electron chi connectivity index (χ3n) is 13.3. The first-order valence-electron chi connectivity index (χ1n) is 25.3. The summed E-state index contributed by atoms with van der Waals surface area (Å²) in [6.07, 6.45) is 6.43. The summed E-state index contributed by atoms with van der Waals surface area (Å²) < 4.78 is 40.7. The van der Waals surface area contributed by atoms with Crippen molar-refractivity contribution < 1.29 is 32.4 Å². The van der Waals surface area contributed by atoms with Gasteiger partial charge in [-0.05, 0) is 142 Å². The Labute approximate surface area is 442 Å². The lowest BCUT2D eigenvalue weighted by atomic mass is 10.0. The van der Waals surface area contributed by atoms with Gasteiger partial charge in [0.05, 0.1) is 51.7 Å². The van der Waals surface area contributed by atoms with Crippen LogP contribution in [0.15, 0.2) is 102 Å². The first kappa shape index (κ1) is 54.0. The number of fused-ring (bicyclic) bond motifs is 4. The Bertz CT molecular complexity index is 3570. The number of hydrogen-bond acceptors (Lipinski definition) is 15. The molecule has 4 heterocycles. The third kappa shape index (κ3) is 12.8. The molecular formula is C58H59N9O8S. The number of nitriles is 2. The Morgan fingerprint density at radius 1 is 0.658 bits per heavy atom. The average molecular weight is 1040 g/mol. The predicted octanol–water partition coefficient (Wildman–Crippen LogP) is 10.5. The van der Waals surface area contributed by atoms with Crippen LogP contribution in [0.2, 0.25) is 0 Å². The summed E-state index contributed by atoms with van der Waals surface area (Å²) in [5.41, 5.74) is 9.99. The van der Waals surface area contributed by atoms with Crippen LogP contribution in [-0.2, 0) is 32.5 Å². The fourth-order valence-corrected chi connectivity index (χ4v) is 11.0. The van der Waals surface area contributed by atoms with Crippen LogP contribution >= 0.6 is 0 Å². The van der Waals surface area contributed by atoms with Crippen molar-refractivity contribution in [2.45, 2.75) is 84.0 Å². The summed E-state index contributed by atoms with van der Waals surface area (Å²) in [4.78, 5) is 45.3. The van der Waals surface area contributed by atoms with E-state index in [1.807, 2.05) is 82.3 Å². The monoisotopic (exact) mass is 1040 g/mol. The van der Waals surface area contributed by atoms with Crippen LogP contribution in [0, 0.1) is 60.5 Å². The summed E-state index contributed by atoms with van der Waals surface area (Å²) in [7, 11) is -4.25. The molecule has 7 aromatic rings. The van der Waals surface area contributed by atoms with Gasteiger partial charge in [-0.1, -0.05) is 36.4 Å². The Balaban J connectivity index is 0.000000212. The van der Waals surface area contributed by atoms with Gasteiger partial charge in [-0.2, -0.15) is 14.8 Å².